The van der Waals surface area contributed by atoms with Crippen LogP contribution in [0.3, 0.4) is 0 Å². The number of carbonyl (C=O) groups is 2. The fourth-order valence-electron chi connectivity index (χ4n) is 3.78. The van der Waals surface area contributed by atoms with Crippen LogP contribution in [0.5, 0.6) is 0 Å². The van der Waals surface area contributed by atoms with Crippen LogP contribution in [0.1, 0.15) is 10.4 Å². The molecule has 2 aliphatic rings. The lowest BCUT2D eigenvalue weighted by Gasteiger charge is -2.31. The zero-order chi connectivity index (χ0) is 24.8. The minimum absolute atomic E-state index is 0.0120. The molecule has 188 valence electrons. The number of rotatable bonds is 8. The van der Waals surface area contributed by atoms with E-state index in [-0.39, 0.29) is 34.3 Å². The molecule has 1 amide bonds. The van der Waals surface area contributed by atoms with Crippen molar-refractivity contribution in [1.29, 1.82) is 0 Å². The van der Waals surface area contributed by atoms with Crippen LogP contribution >= 0.6 is 11.8 Å². The highest BCUT2D eigenvalue weighted by atomic mass is 32.2. The number of carboxylic acids is 1. The highest BCUT2D eigenvalue weighted by Gasteiger charge is 2.28. The van der Waals surface area contributed by atoms with Crippen molar-refractivity contribution in [3.63, 3.8) is 0 Å². The number of sulfonamides is 1. The average molecular weight is 523 g/mol. The van der Waals surface area contributed by atoms with Gasteiger partial charge in [0.2, 0.25) is 15.9 Å². The Morgan fingerprint density at radius 1 is 1.06 bits per heavy atom. The summed E-state index contributed by atoms with van der Waals surface area (Å²) < 4.78 is 38.4. The number of benzene rings is 1. The number of pyridine rings is 1. The van der Waals surface area contributed by atoms with Crippen LogP contribution in [-0.2, 0) is 24.3 Å². The number of nitrogens with one attached hydrogen (secondary N) is 1. The first kappa shape index (κ1) is 25.4. The third-order valence-electron chi connectivity index (χ3n) is 5.54. The molecule has 2 aliphatic heterocycles. The number of aromatic nitrogens is 1. The molecular weight excluding hydrogens is 496 g/mol. The van der Waals surface area contributed by atoms with E-state index in [9.17, 15) is 23.1 Å². The Morgan fingerprint density at radius 2 is 1.74 bits per heavy atom. The summed E-state index contributed by atoms with van der Waals surface area (Å²) in [7, 11) is -3.76. The van der Waals surface area contributed by atoms with Crippen LogP contribution in [0.25, 0.3) is 0 Å². The second-order valence-corrected chi connectivity index (χ2v) is 10.7. The highest BCUT2D eigenvalue weighted by Crippen LogP contribution is 2.31. The van der Waals surface area contributed by atoms with Gasteiger partial charge in [-0.2, -0.15) is 4.31 Å². The third-order valence-corrected chi connectivity index (χ3v) is 8.44. The number of aromatic carboxylic acids is 1. The number of amides is 1. The second kappa shape index (κ2) is 11.4. The Kier molecular flexibility index (Phi) is 8.23. The van der Waals surface area contributed by atoms with E-state index < -0.39 is 21.9 Å². The number of morpholine rings is 2. The predicted molar refractivity (Wildman–Crippen MR) is 130 cm³/mol. The molecule has 2 saturated heterocycles. The van der Waals surface area contributed by atoms with E-state index in [4.69, 9.17) is 9.47 Å². The van der Waals surface area contributed by atoms with Crippen molar-refractivity contribution in [2.75, 3.05) is 68.6 Å². The Hall–Kier alpha value is -2.71. The van der Waals surface area contributed by atoms with Crippen LogP contribution in [0, 0.1) is 0 Å². The summed E-state index contributed by atoms with van der Waals surface area (Å²) in [5.74, 6) is -1.63. The van der Waals surface area contributed by atoms with Crippen molar-refractivity contribution in [1.82, 2.24) is 9.29 Å². The molecule has 2 fully saturated rings. The standard InChI is InChI=1S/C22H26N4O7S2/c27-20(15-34-21-17(22(28)29)2-1-5-23-21)24-18-14-16(35(30,31)26-8-12-33-13-9-26)3-4-19(18)25-6-10-32-11-7-25/h1-5,14H,6-13,15H2,(H,24,27)(H,28,29). The first-order chi connectivity index (χ1) is 16.9. The largest absolute Gasteiger partial charge is 0.478 e. The van der Waals surface area contributed by atoms with Crippen LogP contribution in [0.15, 0.2) is 46.5 Å². The van der Waals surface area contributed by atoms with Crippen LogP contribution < -0.4 is 10.2 Å². The summed E-state index contributed by atoms with van der Waals surface area (Å²) >= 11 is 0.999. The van der Waals surface area contributed by atoms with E-state index in [1.54, 1.807) is 12.1 Å². The maximum absolute atomic E-state index is 13.2. The number of thioether (sulfide) groups is 1. The summed E-state index contributed by atoms with van der Waals surface area (Å²) in [5, 5.41) is 12.4. The molecule has 35 heavy (non-hydrogen) atoms. The van der Waals surface area contributed by atoms with Gasteiger partial charge < -0.3 is 24.8 Å². The third kappa shape index (κ3) is 6.11. The number of carbonyl (C=O) groups excluding carboxylic acids is 1. The normalized spacial score (nSPS) is 17.2. The van der Waals surface area contributed by atoms with E-state index in [2.05, 4.69) is 10.3 Å². The lowest BCUT2D eigenvalue weighted by molar-refractivity contribution is -0.113. The topological polar surface area (TPSA) is 138 Å². The van der Waals surface area contributed by atoms with Gasteiger partial charge in [-0.3, -0.25) is 4.79 Å². The lowest BCUT2D eigenvalue weighted by atomic mass is 10.2. The SMILES string of the molecule is O=C(CSc1ncccc1C(=O)O)Nc1cc(S(=O)(=O)N2CCOCC2)ccc1N1CCOCC1. The first-order valence-electron chi connectivity index (χ1n) is 11.0. The molecule has 0 radical (unpaired) electrons. The Morgan fingerprint density at radius 3 is 2.43 bits per heavy atom. The summed E-state index contributed by atoms with van der Waals surface area (Å²) in [4.78, 5) is 30.4. The van der Waals surface area contributed by atoms with Crippen LogP contribution in [-0.4, -0.2) is 93.0 Å². The van der Waals surface area contributed by atoms with Crippen molar-refractivity contribution in [2.45, 2.75) is 9.92 Å². The van der Waals surface area contributed by atoms with Gasteiger partial charge in [0.05, 0.1) is 54.0 Å². The number of hydrogen-bond donors (Lipinski definition) is 2. The number of nitrogens with zero attached hydrogens (tertiary/aromatic N) is 3. The molecule has 2 N–H and O–H groups in total. The zero-order valence-electron chi connectivity index (χ0n) is 18.9. The molecule has 13 heteroatoms. The summed E-state index contributed by atoms with van der Waals surface area (Å²) in [5.41, 5.74) is 1.07. The van der Waals surface area contributed by atoms with Gasteiger partial charge in [-0.25, -0.2) is 18.2 Å². The van der Waals surface area contributed by atoms with Gasteiger partial charge in [0.1, 0.15) is 5.03 Å². The molecule has 1 aromatic heterocycles. The number of carboxylic acid groups (broad SMARTS) is 1. The van der Waals surface area contributed by atoms with Gasteiger partial charge in [0.15, 0.2) is 0 Å². The Labute approximate surface area is 207 Å². The van der Waals surface area contributed by atoms with E-state index in [1.807, 2.05) is 4.90 Å². The molecule has 0 atom stereocenters. The number of hydrogen-bond acceptors (Lipinski definition) is 9. The van der Waals surface area contributed by atoms with Crippen LogP contribution in [0.4, 0.5) is 11.4 Å². The lowest BCUT2D eigenvalue weighted by Crippen LogP contribution is -2.40. The van der Waals surface area contributed by atoms with E-state index in [0.29, 0.717) is 50.9 Å². The Bertz CT molecular complexity index is 1180. The molecule has 0 saturated carbocycles. The fraction of sp³-hybridized carbons (Fsp3) is 0.409. The smallest absolute Gasteiger partial charge is 0.338 e. The van der Waals surface area contributed by atoms with Gasteiger partial charge in [-0.1, -0.05) is 11.8 Å². The average Bonchev–Trinajstić information content (AvgIpc) is 2.88. The molecular formula is C22H26N4O7S2. The summed E-state index contributed by atoms with van der Waals surface area (Å²) in [6.45, 7) is 3.44. The van der Waals surface area contributed by atoms with Crippen molar-refractivity contribution in [3.05, 3.63) is 42.1 Å². The maximum Gasteiger partial charge on any atom is 0.338 e. The van der Waals surface area contributed by atoms with Crippen molar-refractivity contribution in [3.8, 4) is 0 Å². The minimum atomic E-state index is -3.76. The molecule has 0 bridgehead atoms. The van der Waals surface area contributed by atoms with Gasteiger partial charge in [-0.15, -0.1) is 0 Å². The fourth-order valence-corrected chi connectivity index (χ4v) is 6.00. The first-order valence-corrected chi connectivity index (χ1v) is 13.4. The van der Waals surface area contributed by atoms with Gasteiger partial charge >= 0.3 is 5.97 Å². The second-order valence-electron chi connectivity index (χ2n) is 7.79. The van der Waals surface area contributed by atoms with Gasteiger partial charge in [0, 0.05) is 32.4 Å². The predicted octanol–water partition coefficient (Wildman–Crippen LogP) is 1.37. The zero-order valence-corrected chi connectivity index (χ0v) is 20.5. The Balaban J connectivity index is 1.56. The van der Waals surface area contributed by atoms with Crippen molar-refractivity contribution in [2.24, 2.45) is 0 Å². The molecule has 4 rings (SSSR count). The molecule has 0 aliphatic carbocycles. The molecule has 11 nitrogen and oxygen atoms in total. The number of ether oxygens (including phenoxy) is 2. The summed E-state index contributed by atoms with van der Waals surface area (Å²) in [6.07, 6.45) is 1.46. The molecule has 1 aromatic carbocycles. The summed E-state index contributed by atoms with van der Waals surface area (Å²) in [6, 6.07) is 7.66. The maximum atomic E-state index is 13.2. The minimum Gasteiger partial charge on any atom is -0.478 e. The molecule has 2 aromatic rings. The molecule has 0 spiro atoms. The van der Waals surface area contributed by atoms with Gasteiger partial charge in [0.25, 0.3) is 0 Å². The molecule has 3 heterocycles. The van der Waals surface area contributed by atoms with E-state index in [1.165, 1.54) is 28.7 Å². The molecule has 0 unspecified atom stereocenters. The van der Waals surface area contributed by atoms with Crippen molar-refractivity contribution < 1.29 is 32.6 Å². The highest BCUT2D eigenvalue weighted by molar-refractivity contribution is 8.00. The van der Waals surface area contributed by atoms with E-state index in [0.717, 1.165) is 11.8 Å². The van der Waals surface area contributed by atoms with Gasteiger partial charge in [-0.05, 0) is 30.3 Å². The van der Waals surface area contributed by atoms with Crippen LogP contribution in [0.2, 0.25) is 0 Å². The quantitative estimate of drug-likeness (QED) is 0.489. The number of anilines is 2. The van der Waals surface area contributed by atoms with E-state index >= 15 is 0 Å². The van der Waals surface area contributed by atoms with Crippen molar-refractivity contribution >= 4 is 45.0 Å². The monoisotopic (exact) mass is 522 g/mol.